The molecule has 6 nitrogen and oxygen atoms in total. The Bertz CT molecular complexity index is 552. The van der Waals surface area contributed by atoms with Gasteiger partial charge in [-0.1, -0.05) is 29.5 Å². The zero-order valence-corrected chi connectivity index (χ0v) is 11.6. The molecule has 2 aromatic rings. The molecule has 0 unspecified atom stereocenters. The third-order valence-electron chi connectivity index (χ3n) is 2.43. The predicted octanol–water partition coefficient (Wildman–Crippen LogP) is 1.20. The van der Waals surface area contributed by atoms with E-state index in [-0.39, 0.29) is 5.91 Å². The molecule has 2 rings (SSSR count). The van der Waals surface area contributed by atoms with E-state index >= 15 is 0 Å². The molecule has 0 aliphatic heterocycles. The van der Waals surface area contributed by atoms with E-state index in [0.29, 0.717) is 17.5 Å². The lowest BCUT2D eigenvalue weighted by molar-refractivity contribution is -0.118. The number of thioether (sulfide) groups is 1. The van der Waals surface area contributed by atoms with Gasteiger partial charge in [-0.05, 0) is 36.4 Å². The molecule has 0 bridgehead atoms. The van der Waals surface area contributed by atoms with Crippen LogP contribution in [0, 0.1) is 6.92 Å². The zero-order chi connectivity index (χ0) is 13.7. The van der Waals surface area contributed by atoms with Crippen molar-refractivity contribution in [3.05, 3.63) is 29.8 Å². The summed E-state index contributed by atoms with van der Waals surface area (Å²) in [6, 6.07) is 7.88. The number of aryl methyl sites for hydroxylation is 1. The highest BCUT2D eigenvalue weighted by atomic mass is 32.2. The predicted molar refractivity (Wildman–Crippen MR) is 73.3 cm³/mol. The van der Waals surface area contributed by atoms with Crippen molar-refractivity contribution in [2.75, 3.05) is 12.3 Å². The number of nitrogens with one attached hydrogen (secondary N) is 1. The van der Waals surface area contributed by atoms with Gasteiger partial charge in [0.25, 0.3) is 0 Å². The average Bonchev–Trinajstić information content (AvgIpc) is 2.86. The van der Waals surface area contributed by atoms with Crippen LogP contribution < -0.4 is 5.32 Å². The molecule has 7 heteroatoms. The number of nitrogens with zero attached hydrogens (tertiary/aromatic N) is 4. The minimum absolute atomic E-state index is 0.0223. The fourth-order valence-corrected chi connectivity index (χ4v) is 2.22. The van der Waals surface area contributed by atoms with E-state index in [9.17, 15) is 4.79 Å². The molecule has 1 aromatic heterocycles. The number of rotatable bonds is 5. The van der Waals surface area contributed by atoms with Crippen LogP contribution in [0.15, 0.2) is 29.4 Å². The number of hydrogen-bond donors (Lipinski definition) is 1. The van der Waals surface area contributed by atoms with Gasteiger partial charge in [0.2, 0.25) is 11.1 Å². The van der Waals surface area contributed by atoms with Crippen molar-refractivity contribution in [1.29, 1.82) is 0 Å². The summed E-state index contributed by atoms with van der Waals surface area (Å²) in [6.45, 7) is 4.54. The fraction of sp³-hybridized carbons (Fsp3) is 0.333. The molecule has 19 heavy (non-hydrogen) atoms. The highest BCUT2D eigenvalue weighted by Gasteiger charge is 2.10. The van der Waals surface area contributed by atoms with Crippen LogP contribution in [0.2, 0.25) is 0 Å². The number of carbonyl (C=O) groups is 1. The van der Waals surface area contributed by atoms with Crippen LogP contribution in [-0.2, 0) is 4.79 Å². The van der Waals surface area contributed by atoms with Gasteiger partial charge in [0.05, 0.1) is 11.4 Å². The molecule has 0 aliphatic rings. The maximum absolute atomic E-state index is 11.4. The minimum Gasteiger partial charge on any atom is -0.356 e. The van der Waals surface area contributed by atoms with Crippen LogP contribution >= 0.6 is 11.8 Å². The molecule has 1 heterocycles. The van der Waals surface area contributed by atoms with Crippen LogP contribution in [0.4, 0.5) is 0 Å². The lowest BCUT2D eigenvalue weighted by Crippen LogP contribution is -2.24. The van der Waals surface area contributed by atoms with Gasteiger partial charge in [0, 0.05) is 6.54 Å². The molecule has 0 atom stereocenters. The summed E-state index contributed by atoms with van der Waals surface area (Å²) in [4.78, 5) is 11.4. The molecule has 0 saturated carbocycles. The van der Waals surface area contributed by atoms with Gasteiger partial charge in [-0.15, -0.1) is 5.10 Å². The average molecular weight is 277 g/mol. The number of benzene rings is 1. The Kier molecular flexibility index (Phi) is 4.51. The summed E-state index contributed by atoms with van der Waals surface area (Å²) < 4.78 is 1.63. The SMILES string of the molecule is CCNC(=O)CSc1nnnn1-c1ccc(C)cc1. The minimum atomic E-state index is -0.0223. The molecule has 0 saturated heterocycles. The van der Waals surface area contributed by atoms with Gasteiger partial charge in [0.1, 0.15) is 0 Å². The van der Waals surface area contributed by atoms with Crippen molar-refractivity contribution in [2.24, 2.45) is 0 Å². The molecular weight excluding hydrogens is 262 g/mol. The summed E-state index contributed by atoms with van der Waals surface area (Å²) in [5.74, 6) is 0.283. The van der Waals surface area contributed by atoms with Crippen molar-refractivity contribution in [1.82, 2.24) is 25.5 Å². The Hall–Kier alpha value is -1.89. The van der Waals surface area contributed by atoms with Gasteiger partial charge < -0.3 is 5.32 Å². The quantitative estimate of drug-likeness (QED) is 0.831. The van der Waals surface area contributed by atoms with E-state index in [1.165, 1.54) is 17.3 Å². The number of amides is 1. The molecule has 0 spiro atoms. The molecule has 0 aliphatic carbocycles. The van der Waals surface area contributed by atoms with Crippen molar-refractivity contribution in [3.8, 4) is 5.69 Å². The molecule has 1 amide bonds. The normalized spacial score (nSPS) is 10.4. The summed E-state index contributed by atoms with van der Waals surface area (Å²) in [6.07, 6.45) is 0. The van der Waals surface area contributed by atoms with Gasteiger partial charge in [-0.25, -0.2) is 0 Å². The Morgan fingerprint density at radius 1 is 1.37 bits per heavy atom. The molecule has 0 fully saturated rings. The lowest BCUT2D eigenvalue weighted by Gasteiger charge is -2.04. The van der Waals surface area contributed by atoms with E-state index < -0.39 is 0 Å². The Balaban J connectivity index is 2.09. The second-order valence-electron chi connectivity index (χ2n) is 3.95. The van der Waals surface area contributed by atoms with Crippen LogP contribution in [0.1, 0.15) is 12.5 Å². The van der Waals surface area contributed by atoms with Crippen molar-refractivity contribution >= 4 is 17.7 Å². The first-order valence-corrected chi connectivity index (χ1v) is 6.94. The first kappa shape index (κ1) is 13.5. The van der Waals surface area contributed by atoms with Crippen molar-refractivity contribution < 1.29 is 4.79 Å². The first-order valence-electron chi connectivity index (χ1n) is 5.95. The van der Waals surface area contributed by atoms with E-state index in [1.54, 1.807) is 4.68 Å². The fourth-order valence-electron chi connectivity index (χ4n) is 1.50. The van der Waals surface area contributed by atoms with Gasteiger partial charge in [0.15, 0.2) is 0 Å². The Morgan fingerprint density at radius 2 is 2.11 bits per heavy atom. The van der Waals surface area contributed by atoms with Crippen molar-refractivity contribution in [2.45, 2.75) is 19.0 Å². The largest absolute Gasteiger partial charge is 0.356 e. The molecule has 1 N–H and O–H groups in total. The molecule has 1 aromatic carbocycles. The second-order valence-corrected chi connectivity index (χ2v) is 4.89. The highest BCUT2D eigenvalue weighted by molar-refractivity contribution is 7.99. The van der Waals surface area contributed by atoms with Gasteiger partial charge in [-0.3, -0.25) is 4.79 Å². The van der Waals surface area contributed by atoms with E-state index in [0.717, 1.165) is 5.69 Å². The monoisotopic (exact) mass is 277 g/mol. The first-order chi connectivity index (χ1) is 9.20. The molecule has 100 valence electrons. The maximum atomic E-state index is 11.4. The second kappa shape index (κ2) is 6.33. The number of aromatic nitrogens is 4. The molecular formula is C12H15N5OS. The van der Waals surface area contributed by atoms with Crippen LogP contribution in [-0.4, -0.2) is 38.4 Å². The summed E-state index contributed by atoms with van der Waals surface area (Å²) in [7, 11) is 0. The number of tetrazole rings is 1. The van der Waals surface area contributed by atoms with Crippen LogP contribution in [0.5, 0.6) is 0 Å². The van der Waals surface area contributed by atoms with Crippen LogP contribution in [0.25, 0.3) is 5.69 Å². The maximum Gasteiger partial charge on any atom is 0.230 e. The number of carbonyl (C=O) groups excluding carboxylic acids is 1. The van der Waals surface area contributed by atoms with Crippen molar-refractivity contribution in [3.63, 3.8) is 0 Å². The van der Waals surface area contributed by atoms with E-state index in [2.05, 4.69) is 20.8 Å². The standard InChI is InChI=1S/C12H15N5OS/c1-3-13-11(18)8-19-12-14-15-16-17(12)10-6-4-9(2)5-7-10/h4-7H,3,8H2,1-2H3,(H,13,18). The summed E-state index contributed by atoms with van der Waals surface area (Å²) in [5, 5.41) is 14.9. The summed E-state index contributed by atoms with van der Waals surface area (Å²) >= 11 is 1.32. The zero-order valence-electron chi connectivity index (χ0n) is 10.8. The smallest absolute Gasteiger partial charge is 0.230 e. The van der Waals surface area contributed by atoms with E-state index in [1.807, 2.05) is 38.1 Å². The third kappa shape index (κ3) is 3.54. The Morgan fingerprint density at radius 3 is 2.79 bits per heavy atom. The number of hydrogen-bond acceptors (Lipinski definition) is 5. The highest BCUT2D eigenvalue weighted by Crippen LogP contribution is 2.18. The van der Waals surface area contributed by atoms with Gasteiger partial charge >= 0.3 is 0 Å². The van der Waals surface area contributed by atoms with Crippen LogP contribution in [0.3, 0.4) is 0 Å². The van der Waals surface area contributed by atoms with E-state index in [4.69, 9.17) is 0 Å². The summed E-state index contributed by atoms with van der Waals surface area (Å²) in [5.41, 5.74) is 2.06. The third-order valence-corrected chi connectivity index (χ3v) is 3.35. The lowest BCUT2D eigenvalue weighted by atomic mass is 10.2. The topological polar surface area (TPSA) is 72.7 Å². The molecule has 0 radical (unpaired) electrons. The Labute approximate surface area is 115 Å². The van der Waals surface area contributed by atoms with Gasteiger partial charge in [-0.2, -0.15) is 4.68 Å².